The monoisotopic (exact) mass is 450 g/mol. The molecule has 3 aromatic rings. The number of nitrogens with one attached hydrogen (secondary N) is 2. The fourth-order valence-corrected chi connectivity index (χ4v) is 4.61. The number of hydrogen-bond donors (Lipinski definition) is 2. The van der Waals surface area contributed by atoms with Crippen molar-refractivity contribution < 1.29 is 17.5 Å². The van der Waals surface area contributed by atoms with Gasteiger partial charge < -0.3 is 10.1 Å². The average Bonchev–Trinajstić information content (AvgIpc) is 3.16. The highest BCUT2D eigenvalue weighted by atomic mass is 32.2. The van der Waals surface area contributed by atoms with E-state index in [0.29, 0.717) is 36.1 Å². The van der Waals surface area contributed by atoms with Gasteiger partial charge in [-0.05, 0) is 55.3 Å². The summed E-state index contributed by atoms with van der Waals surface area (Å²) < 4.78 is 49.9. The van der Waals surface area contributed by atoms with Crippen molar-refractivity contribution in [1.29, 1.82) is 0 Å². The largest absolute Gasteiger partial charge is 0.497 e. The minimum absolute atomic E-state index is 0.192. The van der Waals surface area contributed by atoms with Gasteiger partial charge in [-0.25, -0.2) is 22.5 Å². The highest BCUT2D eigenvalue weighted by molar-refractivity contribution is 7.89. The first-order valence-corrected chi connectivity index (χ1v) is 11.6. The number of hydrogen-bond acceptors (Lipinski definition) is 7. The molecule has 0 saturated carbocycles. The molecule has 1 aromatic heterocycles. The van der Waals surface area contributed by atoms with Crippen molar-refractivity contribution in [2.45, 2.75) is 30.7 Å². The predicted octanol–water partition coefficient (Wildman–Crippen LogP) is 3.45. The molecule has 0 radical (unpaired) electrons. The zero-order valence-corrected chi connectivity index (χ0v) is 18.3. The van der Waals surface area contributed by atoms with Gasteiger partial charge in [0.05, 0.1) is 12.0 Å². The maximum Gasteiger partial charge on any atom is 0.240 e. The fraction of sp³-hybridized carbons (Fsp3) is 0.300. The summed E-state index contributed by atoms with van der Waals surface area (Å²) in [6.07, 6.45) is 1.10. The van der Waals surface area contributed by atoms with Crippen molar-refractivity contribution in [1.82, 2.24) is 14.1 Å². The Morgan fingerprint density at radius 1 is 1.13 bits per heavy atom. The molecule has 0 aliphatic carbocycles. The molecule has 0 aliphatic heterocycles. The number of benzene rings is 2. The van der Waals surface area contributed by atoms with Crippen molar-refractivity contribution in [3.8, 4) is 5.75 Å². The zero-order valence-electron chi connectivity index (χ0n) is 16.6. The van der Waals surface area contributed by atoms with E-state index in [1.165, 1.54) is 42.9 Å². The van der Waals surface area contributed by atoms with Gasteiger partial charge in [0.25, 0.3) is 0 Å². The zero-order chi connectivity index (χ0) is 21.6. The van der Waals surface area contributed by atoms with Crippen LogP contribution in [-0.2, 0) is 16.4 Å². The Bertz CT molecular complexity index is 1050. The highest BCUT2D eigenvalue weighted by Crippen LogP contribution is 2.17. The summed E-state index contributed by atoms with van der Waals surface area (Å²) in [6.45, 7) is 2.35. The number of sulfonamides is 1. The minimum atomic E-state index is -3.60. The van der Waals surface area contributed by atoms with Gasteiger partial charge in [-0.15, -0.1) is 0 Å². The molecule has 2 N–H and O–H groups in total. The van der Waals surface area contributed by atoms with Crippen LogP contribution < -0.4 is 14.8 Å². The second-order valence-corrected chi connectivity index (χ2v) is 9.20. The summed E-state index contributed by atoms with van der Waals surface area (Å²) in [7, 11) is -2.07. The van der Waals surface area contributed by atoms with Gasteiger partial charge in [-0.3, -0.25) is 0 Å². The van der Waals surface area contributed by atoms with Crippen molar-refractivity contribution >= 4 is 26.7 Å². The van der Waals surface area contributed by atoms with E-state index in [-0.39, 0.29) is 16.8 Å². The summed E-state index contributed by atoms with van der Waals surface area (Å²) in [5, 5.41) is 3.83. The Labute approximate surface area is 179 Å². The summed E-state index contributed by atoms with van der Waals surface area (Å²) in [6, 6.07) is 12.2. The smallest absolute Gasteiger partial charge is 0.240 e. The molecular weight excluding hydrogens is 427 g/mol. The van der Waals surface area contributed by atoms with Crippen molar-refractivity contribution in [2.75, 3.05) is 19.0 Å². The molecule has 0 aliphatic rings. The van der Waals surface area contributed by atoms with Crippen LogP contribution in [0.4, 0.5) is 9.52 Å². The molecule has 7 nitrogen and oxygen atoms in total. The van der Waals surface area contributed by atoms with E-state index in [2.05, 4.69) is 19.4 Å². The molecule has 1 heterocycles. The van der Waals surface area contributed by atoms with E-state index in [0.717, 1.165) is 5.56 Å². The fourth-order valence-electron chi connectivity index (χ4n) is 2.72. The first kappa shape index (κ1) is 22.1. The first-order chi connectivity index (χ1) is 14.4. The number of rotatable bonds is 10. The number of anilines is 1. The van der Waals surface area contributed by atoms with Crippen LogP contribution in [0.2, 0.25) is 0 Å². The van der Waals surface area contributed by atoms with E-state index in [1.54, 1.807) is 24.3 Å². The van der Waals surface area contributed by atoms with Crippen molar-refractivity contribution in [2.24, 2.45) is 0 Å². The highest BCUT2D eigenvalue weighted by Gasteiger charge is 2.17. The molecule has 0 saturated heterocycles. The molecule has 10 heteroatoms. The van der Waals surface area contributed by atoms with Gasteiger partial charge in [0.1, 0.15) is 17.4 Å². The van der Waals surface area contributed by atoms with Crippen LogP contribution in [0.25, 0.3) is 0 Å². The SMILES string of the molecule is COc1ccc(S(=O)(=O)NC(C)CCNc2nc(Cc3ccc(F)cc3)ns2)cc1. The number of methoxy groups -OCH3 is 1. The van der Waals surface area contributed by atoms with Crippen molar-refractivity contribution in [3.63, 3.8) is 0 Å². The number of ether oxygens (including phenoxy) is 1. The molecule has 0 amide bonds. The maximum absolute atomic E-state index is 13.0. The Balaban J connectivity index is 1.46. The summed E-state index contributed by atoms with van der Waals surface area (Å²) in [5.74, 6) is 0.980. The molecule has 0 bridgehead atoms. The molecule has 2 aromatic carbocycles. The quantitative estimate of drug-likeness (QED) is 0.492. The Morgan fingerprint density at radius 3 is 2.50 bits per heavy atom. The third-order valence-electron chi connectivity index (χ3n) is 4.32. The molecule has 160 valence electrons. The topological polar surface area (TPSA) is 93.2 Å². The summed E-state index contributed by atoms with van der Waals surface area (Å²) >= 11 is 1.24. The maximum atomic E-state index is 13.0. The van der Waals surface area contributed by atoms with E-state index in [9.17, 15) is 12.8 Å². The van der Waals surface area contributed by atoms with Gasteiger partial charge in [0.2, 0.25) is 15.2 Å². The lowest BCUT2D eigenvalue weighted by atomic mass is 10.1. The van der Waals surface area contributed by atoms with Crippen LogP contribution in [0.5, 0.6) is 5.75 Å². The van der Waals surface area contributed by atoms with Crippen LogP contribution in [0.15, 0.2) is 53.4 Å². The van der Waals surface area contributed by atoms with Crippen LogP contribution in [0, 0.1) is 5.82 Å². The van der Waals surface area contributed by atoms with Gasteiger partial charge in [0, 0.05) is 30.5 Å². The molecular formula is C20H23FN4O3S2. The molecule has 1 unspecified atom stereocenters. The number of halogens is 1. The van der Waals surface area contributed by atoms with Crippen LogP contribution in [0.3, 0.4) is 0 Å². The van der Waals surface area contributed by atoms with E-state index >= 15 is 0 Å². The Hall–Kier alpha value is -2.56. The van der Waals surface area contributed by atoms with Gasteiger partial charge in [0.15, 0.2) is 0 Å². The van der Waals surface area contributed by atoms with Crippen molar-refractivity contribution in [3.05, 3.63) is 65.7 Å². The first-order valence-electron chi connectivity index (χ1n) is 9.33. The average molecular weight is 451 g/mol. The van der Waals surface area contributed by atoms with E-state index < -0.39 is 10.0 Å². The lowest BCUT2D eigenvalue weighted by Gasteiger charge is -2.14. The number of aromatic nitrogens is 2. The lowest BCUT2D eigenvalue weighted by Crippen LogP contribution is -2.33. The second kappa shape index (κ2) is 9.96. The van der Waals surface area contributed by atoms with Gasteiger partial charge in [-0.2, -0.15) is 4.37 Å². The molecule has 3 rings (SSSR count). The lowest BCUT2D eigenvalue weighted by molar-refractivity contribution is 0.414. The third kappa shape index (κ3) is 6.22. The molecule has 0 spiro atoms. The molecule has 1 atom stereocenters. The molecule has 0 fully saturated rings. The summed E-state index contributed by atoms with van der Waals surface area (Å²) in [5.41, 5.74) is 0.933. The third-order valence-corrected chi connectivity index (χ3v) is 6.64. The van der Waals surface area contributed by atoms with Crippen LogP contribution in [-0.4, -0.2) is 37.5 Å². The Morgan fingerprint density at radius 2 is 1.83 bits per heavy atom. The van der Waals surface area contributed by atoms with Gasteiger partial charge >= 0.3 is 0 Å². The van der Waals surface area contributed by atoms with E-state index in [4.69, 9.17) is 4.74 Å². The minimum Gasteiger partial charge on any atom is -0.497 e. The Kier molecular flexibility index (Phi) is 7.35. The van der Waals surface area contributed by atoms with Crippen LogP contribution in [0.1, 0.15) is 24.7 Å². The summed E-state index contributed by atoms with van der Waals surface area (Å²) in [4.78, 5) is 4.61. The standard InChI is InChI=1S/C20H23FN4O3S2/c1-14(25-30(26,27)18-9-7-17(28-2)8-10-18)11-12-22-20-23-19(24-29-20)13-15-3-5-16(21)6-4-15/h3-10,14,25H,11-13H2,1-2H3,(H,22,23,24). The molecule has 30 heavy (non-hydrogen) atoms. The van der Waals surface area contributed by atoms with Gasteiger partial charge in [-0.1, -0.05) is 12.1 Å². The number of nitrogens with zero attached hydrogens (tertiary/aromatic N) is 2. The van der Waals surface area contributed by atoms with Crippen LogP contribution >= 0.6 is 11.5 Å². The predicted molar refractivity (Wildman–Crippen MR) is 115 cm³/mol. The van der Waals surface area contributed by atoms with E-state index in [1.807, 2.05) is 6.92 Å². The normalized spacial score (nSPS) is 12.5. The second-order valence-electron chi connectivity index (χ2n) is 6.73.